The topological polar surface area (TPSA) is 35.2 Å². The fourth-order valence-corrected chi connectivity index (χ4v) is 2.17. The summed E-state index contributed by atoms with van der Waals surface area (Å²) in [7, 11) is 0. The highest BCUT2D eigenvalue weighted by Crippen LogP contribution is 2.30. The Hall–Kier alpha value is -0.570. The molecule has 1 aromatic carbocycles. The van der Waals surface area contributed by atoms with E-state index in [4.69, 9.17) is 22.1 Å². The minimum atomic E-state index is -0.235. The van der Waals surface area contributed by atoms with Gasteiger partial charge in [0.1, 0.15) is 0 Å². The molecule has 0 saturated carbocycles. The SMILES string of the molecule is NC1(c2ccc(Cl)cc2)CCCOCC1. The summed E-state index contributed by atoms with van der Waals surface area (Å²) in [5.41, 5.74) is 7.34. The number of ether oxygens (including phenoxy) is 1. The van der Waals surface area contributed by atoms with Gasteiger partial charge in [-0.3, -0.25) is 0 Å². The van der Waals surface area contributed by atoms with Crippen LogP contribution in [-0.2, 0) is 10.3 Å². The number of rotatable bonds is 1. The van der Waals surface area contributed by atoms with Crippen LogP contribution in [0.3, 0.4) is 0 Å². The fourth-order valence-electron chi connectivity index (χ4n) is 2.04. The van der Waals surface area contributed by atoms with Gasteiger partial charge in [-0.15, -0.1) is 0 Å². The molecule has 2 rings (SSSR count). The zero-order valence-corrected chi connectivity index (χ0v) is 9.46. The van der Waals surface area contributed by atoms with Crippen molar-refractivity contribution >= 4 is 11.6 Å². The second kappa shape index (κ2) is 4.52. The second-order valence-electron chi connectivity index (χ2n) is 4.13. The molecule has 2 nitrogen and oxygen atoms in total. The molecule has 0 aliphatic carbocycles. The number of benzene rings is 1. The summed E-state index contributed by atoms with van der Waals surface area (Å²) in [6.07, 6.45) is 2.89. The van der Waals surface area contributed by atoms with E-state index in [0.717, 1.165) is 43.1 Å². The molecule has 82 valence electrons. The largest absolute Gasteiger partial charge is 0.381 e. The van der Waals surface area contributed by atoms with Gasteiger partial charge in [0.05, 0.1) is 0 Å². The number of hydrogen-bond donors (Lipinski definition) is 1. The average Bonchev–Trinajstić information content (AvgIpc) is 2.45. The van der Waals surface area contributed by atoms with Crippen molar-refractivity contribution in [3.8, 4) is 0 Å². The fraction of sp³-hybridized carbons (Fsp3) is 0.500. The maximum absolute atomic E-state index is 6.41. The molecule has 3 heteroatoms. The lowest BCUT2D eigenvalue weighted by Gasteiger charge is -2.28. The Morgan fingerprint density at radius 2 is 1.87 bits per heavy atom. The summed E-state index contributed by atoms with van der Waals surface area (Å²) < 4.78 is 5.43. The van der Waals surface area contributed by atoms with Crippen LogP contribution in [0.4, 0.5) is 0 Å². The van der Waals surface area contributed by atoms with E-state index < -0.39 is 0 Å². The maximum Gasteiger partial charge on any atom is 0.0486 e. The van der Waals surface area contributed by atoms with Crippen LogP contribution in [0, 0.1) is 0 Å². The van der Waals surface area contributed by atoms with Gasteiger partial charge in [-0.25, -0.2) is 0 Å². The quantitative estimate of drug-likeness (QED) is 0.798. The summed E-state index contributed by atoms with van der Waals surface area (Å²) in [5, 5.41) is 0.757. The van der Waals surface area contributed by atoms with E-state index in [1.807, 2.05) is 24.3 Å². The van der Waals surface area contributed by atoms with Crippen LogP contribution >= 0.6 is 11.6 Å². The van der Waals surface area contributed by atoms with Gasteiger partial charge in [0.25, 0.3) is 0 Å². The van der Waals surface area contributed by atoms with Crippen LogP contribution in [0.1, 0.15) is 24.8 Å². The highest BCUT2D eigenvalue weighted by molar-refractivity contribution is 6.30. The molecule has 1 fully saturated rings. The molecule has 1 aliphatic heterocycles. The smallest absolute Gasteiger partial charge is 0.0486 e. The van der Waals surface area contributed by atoms with Gasteiger partial charge < -0.3 is 10.5 Å². The van der Waals surface area contributed by atoms with Crippen molar-refractivity contribution in [2.45, 2.75) is 24.8 Å². The Kier molecular flexibility index (Phi) is 3.29. The Morgan fingerprint density at radius 3 is 2.60 bits per heavy atom. The first kappa shape index (κ1) is 10.9. The van der Waals surface area contributed by atoms with Gasteiger partial charge in [-0.2, -0.15) is 0 Å². The highest BCUT2D eigenvalue weighted by Gasteiger charge is 2.28. The molecule has 0 radical (unpaired) electrons. The van der Waals surface area contributed by atoms with Crippen LogP contribution < -0.4 is 5.73 Å². The molecule has 1 aromatic rings. The van der Waals surface area contributed by atoms with E-state index in [0.29, 0.717) is 0 Å². The molecule has 2 N–H and O–H groups in total. The second-order valence-corrected chi connectivity index (χ2v) is 4.57. The third kappa shape index (κ3) is 2.51. The van der Waals surface area contributed by atoms with Crippen LogP contribution in [-0.4, -0.2) is 13.2 Å². The van der Waals surface area contributed by atoms with Crippen molar-refractivity contribution in [2.75, 3.05) is 13.2 Å². The van der Waals surface area contributed by atoms with Crippen molar-refractivity contribution in [3.05, 3.63) is 34.9 Å². The van der Waals surface area contributed by atoms with E-state index in [1.54, 1.807) is 0 Å². The lowest BCUT2D eigenvalue weighted by Crippen LogP contribution is -2.36. The first-order valence-electron chi connectivity index (χ1n) is 5.33. The molecule has 0 spiro atoms. The number of hydrogen-bond acceptors (Lipinski definition) is 2. The Morgan fingerprint density at radius 1 is 1.13 bits per heavy atom. The minimum absolute atomic E-state index is 0.235. The van der Waals surface area contributed by atoms with Crippen LogP contribution in [0.15, 0.2) is 24.3 Å². The van der Waals surface area contributed by atoms with Gasteiger partial charge in [-0.05, 0) is 37.0 Å². The van der Waals surface area contributed by atoms with E-state index in [9.17, 15) is 0 Å². The van der Waals surface area contributed by atoms with Gasteiger partial charge in [-0.1, -0.05) is 23.7 Å². The highest BCUT2D eigenvalue weighted by atomic mass is 35.5. The standard InChI is InChI=1S/C12H16ClNO/c13-11-4-2-10(3-5-11)12(14)6-1-8-15-9-7-12/h2-5H,1,6-9,14H2. The average molecular weight is 226 g/mol. The van der Waals surface area contributed by atoms with Gasteiger partial charge in [0.2, 0.25) is 0 Å². The van der Waals surface area contributed by atoms with Gasteiger partial charge >= 0.3 is 0 Å². The van der Waals surface area contributed by atoms with E-state index in [-0.39, 0.29) is 5.54 Å². The first-order chi connectivity index (χ1) is 7.21. The molecule has 0 bridgehead atoms. The van der Waals surface area contributed by atoms with Crippen molar-refractivity contribution in [1.82, 2.24) is 0 Å². The van der Waals surface area contributed by atoms with Crippen LogP contribution in [0.25, 0.3) is 0 Å². The van der Waals surface area contributed by atoms with Gasteiger partial charge in [0.15, 0.2) is 0 Å². The Balaban J connectivity index is 2.22. The number of halogens is 1. The first-order valence-corrected chi connectivity index (χ1v) is 5.71. The molecule has 0 amide bonds. The molecular weight excluding hydrogens is 210 g/mol. The molecule has 1 aliphatic rings. The predicted molar refractivity (Wildman–Crippen MR) is 62.0 cm³/mol. The van der Waals surface area contributed by atoms with E-state index >= 15 is 0 Å². The maximum atomic E-state index is 6.41. The van der Waals surface area contributed by atoms with Crippen molar-refractivity contribution < 1.29 is 4.74 Å². The van der Waals surface area contributed by atoms with Crippen LogP contribution in [0.5, 0.6) is 0 Å². The zero-order valence-electron chi connectivity index (χ0n) is 8.71. The Bertz CT molecular complexity index is 315. The molecule has 0 aromatic heterocycles. The molecule has 15 heavy (non-hydrogen) atoms. The lowest BCUT2D eigenvalue weighted by atomic mass is 9.84. The van der Waals surface area contributed by atoms with Crippen molar-refractivity contribution in [1.29, 1.82) is 0 Å². The summed E-state index contributed by atoms with van der Waals surface area (Å²) in [6.45, 7) is 1.58. The molecule has 1 unspecified atom stereocenters. The van der Waals surface area contributed by atoms with E-state index in [1.165, 1.54) is 0 Å². The molecule has 1 heterocycles. The van der Waals surface area contributed by atoms with E-state index in [2.05, 4.69) is 0 Å². The number of nitrogens with two attached hydrogens (primary N) is 1. The summed E-state index contributed by atoms with van der Waals surface area (Å²) >= 11 is 5.86. The van der Waals surface area contributed by atoms with Crippen molar-refractivity contribution in [3.63, 3.8) is 0 Å². The Labute approximate surface area is 95.4 Å². The normalized spacial score (nSPS) is 27.3. The lowest BCUT2D eigenvalue weighted by molar-refractivity contribution is 0.139. The molecule has 1 saturated heterocycles. The monoisotopic (exact) mass is 225 g/mol. The summed E-state index contributed by atoms with van der Waals surface area (Å²) in [4.78, 5) is 0. The molecule has 1 atom stereocenters. The van der Waals surface area contributed by atoms with Crippen molar-refractivity contribution in [2.24, 2.45) is 5.73 Å². The zero-order chi connectivity index (χ0) is 10.7. The van der Waals surface area contributed by atoms with Crippen LogP contribution in [0.2, 0.25) is 5.02 Å². The minimum Gasteiger partial charge on any atom is -0.381 e. The summed E-state index contributed by atoms with van der Waals surface area (Å²) in [6, 6.07) is 7.84. The molecular formula is C12H16ClNO. The summed E-state index contributed by atoms with van der Waals surface area (Å²) in [5.74, 6) is 0. The predicted octanol–water partition coefficient (Wildman–Crippen LogP) is 2.69. The van der Waals surface area contributed by atoms with Gasteiger partial charge in [0, 0.05) is 23.8 Å². The third-order valence-electron chi connectivity index (χ3n) is 3.02. The third-order valence-corrected chi connectivity index (χ3v) is 3.28.